The molecule has 2 aromatic rings. The summed E-state index contributed by atoms with van der Waals surface area (Å²) < 4.78 is 8.20. The first-order valence-corrected chi connectivity index (χ1v) is 8.23. The minimum absolute atomic E-state index is 0.614. The molecule has 5 nitrogen and oxygen atoms in total. The molecule has 0 radical (unpaired) electrons. The molecule has 0 fully saturated rings. The van der Waals surface area contributed by atoms with Crippen LogP contribution in [0.5, 0.6) is 5.75 Å². The van der Waals surface area contributed by atoms with E-state index in [4.69, 9.17) is 4.74 Å². The zero-order valence-corrected chi connectivity index (χ0v) is 15.0. The highest BCUT2D eigenvalue weighted by Crippen LogP contribution is 2.37. The van der Waals surface area contributed by atoms with Crippen LogP contribution >= 0.6 is 27.3 Å². The van der Waals surface area contributed by atoms with E-state index in [0.29, 0.717) is 18.0 Å². The monoisotopic (exact) mass is 373 g/mol. The number of aryl methyl sites for hydroxylation is 1. The highest BCUT2D eigenvalue weighted by atomic mass is 79.9. The van der Waals surface area contributed by atoms with E-state index in [1.165, 1.54) is 11.3 Å². The summed E-state index contributed by atoms with van der Waals surface area (Å²) >= 11 is 5.03. The van der Waals surface area contributed by atoms with Crippen molar-refractivity contribution in [1.82, 2.24) is 14.7 Å². The van der Waals surface area contributed by atoms with E-state index in [-0.39, 0.29) is 0 Å². The second-order valence-corrected chi connectivity index (χ2v) is 7.53. The van der Waals surface area contributed by atoms with Gasteiger partial charge in [0.05, 0.1) is 23.6 Å². The molecule has 0 spiro atoms. The van der Waals surface area contributed by atoms with Crippen molar-refractivity contribution < 1.29 is 9.84 Å². The average molecular weight is 374 g/mol. The second kappa shape index (κ2) is 6.91. The molecule has 0 aromatic carbocycles. The van der Waals surface area contributed by atoms with Crippen LogP contribution < -0.4 is 4.74 Å². The molecule has 1 atom stereocenters. The molecule has 2 rings (SSSR count). The van der Waals surface area contributed by atoms with Crippen molar-refractivity contribution in [2.75, 3.05) is 27.7 Å². The van der Waals surface area contributed by atoms with Crippen LogP contribution in [0.2, 0.25) is 0 Å². The lowest BCUT2D eigenvalue weighted by Crippen LogP contribution is -2.21. The fourth-order valence-electron chi connectivity index (χ4n) is 2.04. The zero-order valence-electron chi connectivity index (χ0n) is 12.6. The molecule has 116 valence electrons. The minimum Gasteiger partial charge on any atom is -0.493 e. The van der Waals surface area contributed by atoms with Crippen molar-refractivity contribution in [3.63, 3.8) is 0 Å². The Morgan fingerprint density at radius 3 is 2.76 bits per heavy atom. The average Bonchev–Trinajstić information content (AvgIpc) is 2.99. The summed E-state index contributed by atoms with van der Waals surface area (Å²) in [6.07, 6.45) is 0.920. The predicted octanol–water partition coefficient (Wildman–Crippen LogP) is 2.67. The fourth-order valence-corrected chi connectivity index (χ4v) is 3.60. The molecule has 0 saturated carbocycles. The van der Waals surface area contributed by atoms with Gasteiger partial charge in [-0.15, -0.1) is 11.3 Å². The Balaban J connectivity index is 2.33. The number of aromatic nitrogens is 2. The molecule has 0 aliphatic carbocycles. The number of aliphatic hydroxyl groups is 1. The number of hydrogen-bond acceptors (Lipinski definition) is 5. The van der Waals surface area contributed by atoms with E-state index in [1.807, 2.05) is 31.8 Å². The molecule has 0 aliphatic rings. The molecule has 2 aromatic heterocycles. The Bertz CT molecular complexity index is 590. The molecule has 21 heavy (non-hydrogen) atoms. The van der Waals surface area contributed by atoms with Gasteiger partial charge in [-0.05, 0) is 48.6 Å². The first-order valence-electron chi connectivity index (χ1n) is 6.62. The Kier molecular flexibility index (Phi) is 5.43. The Labute approximate surface area is 137 Å². The van der Waals surface area contributed by atoms with Crippen molar-refractivity contribution in [3.05, 3.63) is 32.2 Å². The van der Waals surface area contributed by atoms with Crippen LogP contribution in [0.4, 0.5) is 0 Å². The van der Waals surface area contributed by atoms with Crippen molar-refractivity contribution in [3.8, 4) is 5.75 Å². The van der Waals surface area contributed by atoms with Gasteiger partial charge in [-0.2, -0.15) is 5.10 Å². The Morgan fingerprint density at radius 1 is 1.52 bits per heavy atom. The summed E-state index contributed by atoms with van der Waals surface area (Å²) in [5, 5.41) is 15.0. The number of nitrogens with zero attached hydrogens (tertiary/aromatic N) is 3. The van der Waals surface area contributed by atoms with Gasteiger partial charge in [-0.1, -0.05) is 0 Å². The topological polar surface area (TPSA) is 50.5 Å². The van der Waals surface area contributed by atoms with Crippen molar-refractivity contribution >= 4 is 27.3 Å². The maximum absolute atomic E-state index is 10.7. The van der Waals surface area contributed by atoms with E-state index in [9.17, 15) is 5.11 Å². The normalized spacial score (nSPS) is 12.9. The SMILES string of the molecule is COc1cnn(CCN(C)C)c1C(O)c1cc(C)c(Br)s1. The molecule has 0 aliphatic heterocycles. The molecule has 0 bridgehead atoms. The summed E-state index contributed by atoms with van der Waals surface area (Å²) in [4.78, 5) is 2.96. The number of thiophene rings is 1. The molecule has 0 saturated heterocycles. The standard InChI is InChI=1S/C14H20BrN3O2S/c1-9-7-11(21-14(9)15)13(19)12-10(20-4)8-16-18(12)6-5-17(2)3/h7-8,13,19H,5-6H2,1-4H3. The maximum Gasteiger partial charge on any atom is 0.163 e. The summed E-state index contributed by atoms with van der Waals surface area (Å²) in [6, 6.07) is 1.99. The van der Waals surface area contributed by atoms with Gasteiger partial charge >= 0.3 is 0 Å². The van der Waals surface area contributed by atoms with Crippen LogP contribution in [-0.2, 0) is 6.54 Å². The third-order valence-electron chi connectivity index (χ3n) is 3.23. The highest BCUT2D eigenvalue weighted by Gasteiger charge is 2.23. The van der Waals surface area contributed by atoms with Gasteiger partial charge < -0.3 is 14.7 Å². The molecule has 2 heterocycles. The molecule has 7 heteroatoms. The largest absolute Gasteiger partial charge is 0.493 e. The number of halogens is 1. The van der Waals surface area contributed by atoms with Crippen molar-refractivity contribution in [1.29, 1.82) is 0 Å². The summed E-state index contributed by atoms with van der Waals surface area (Å²) in [5.74, 6) is 0.614. The zero-order chi connectivity index (χ0) is 15.6. The first-order chi connectivity index (χ1) is 9.93. The van der Waals surface area contributed by atoms with Crippen LogP contribution in [0.3, 0.4) is 0 Å². The first kappa shape index (κ1) is 16.5. The van der Waals surface area contributed by atoms with Crippen LogP contribution in [0.1, 0.15) is 22.2 Å². The van der Waals surface area contributed by atoms with Crippen LogP contribution in [0, 0.1) is 6.92 Å². The van der Waals surface area contributed by atoms with Crippen molar-refractivity contribution in [2.24, 2.45) is 0 Å². The fraction of sp³-hybridized carbons (Fsp3) is 0.500. The van der Waals surface area contributed by atoms with E-state index >= 15 is 0 Å². The Hall–Kier alpha value is -0.890. The molecular weight excluding hydrogens is 354 g/mol. The molecule has 0 amide bonds. The van der Waals surface area contributed by atoms with E-state index < -0.39 is 6.10 Å². The van der Waals surface area contributed by atoms with Gasteiger partial charge in [0.2, 0.25) is 0 Å². The number of likely N-dealkylation sites (N-methyl/N-ethyl adjacent to an activating group) is 1. The predicted molar refractivity (Wildman–Crippen MR) is 88.2 cm³/mol. The number of aliphatic hydroxyl groups excluding tert-OH is 1. The molecular formula is C14H20BrN3O2S. The van der Waals surface area contributed by atoms with Gasteiger partial charge in [-0.25, -0.2) is 0 Å². The third-order valence-corrected chi connectivity index (χ3v) is 5.42. The number of rotatable bonds is 6. The van der Waals surface area contributed by atoms with E-state index in [2.05, 4.69) is 25.9 Å². The van der Waals surface area contributed by atoms with E-state index in [1.54, 1.807) is 13.3 Å². The van der Waals surface area contributed by atoms with Gasteiger partial charge in [0.25, 0.3) is 0 Å². The quantitative estimate of drug-likeness (QED) is 0.845. The summed E-state index contributed by atoms with van der Waals surface area (Å²) in [7, 11) is 5.62. The lowest BCUT2D eigenvalue weighted by Gasteiger charge is -2.15. The van der Waals surface area contributed by atoms with Crippen LogP contribution in [-0.4, -0.2) is 47.5 Å². The minimum atomic E-state index is -0.736. The van der Waals surface area contributed by atoms with Crippen LogP contribution in [0.15, 0.2) is 16.0 Å². The van der Waals surface area contributed by atoms with Gasteiger partial charge in [0.1, 0.15) is 11.8 Å². The number of methoxy groups -OCH3 is 1. The Morgan fingerprint density at radius 2 is 2.24 bits per heavy atom. The highest BCUT2D eigenvalue weighted by molar-refractivity contribution is 9.11. The smallest absolute Gasteiger partial charge is 0.163 e. The molecule has 1 unspecified atom stereocenters. The van der Waals surface area contributed by atoms with Crippen LogP contribution in [0.25, 0.3) is 0 Å². The number of ether oxygens (including phenoxy) is 1. The second-order valence-electron chi connectivity index (χ2n) is 5.13. The van der Waals surface area contributed by atoms with Crippen molar-refractivity contribution in [2.45, 2.75) is 19.6 Å². The maximum atomic E-state index is 10.7. The third kappa shape index (κ3) is 3.66. The number of hydrogen-bond donors (Lipinski definition) is 1. The van der Waals surface area contributed by atoms with Gasteiger partial charge in [-0.3, -0.25) is 4.68 Å². The summed E-state index contributed by atoms with van der Waals surface area (Å²) in [5.41, 5.74) is 1.82. The van der Waals surface area contributed by atoms with Gasteiger partial charge in [0.15, 0.2) is 5.75 Å². The molecule has 1 N–H and O–H groups in total. The lowest BCUT2D eigenvalue weighted by molar-refractivity contribution is 0.203. The lowest BCUT2D eigenvalue weighted by atomic mass is 10.2. The van der Waals surface area contributed by atoms with Gasteiger partial charge in [0, 0.05) is 11.4 Å². The van der Waals surface area contributed by atoms with E-state index in [0.717, 1.165) is 20.8 Å². The summed E-state index contributed by atoms with van der Waals surface area (Å²) in [6.45, 7) is 3.56.